The molecule has 6 heteroatoms. The number of carbonyl (C=O) groups is 1. The van der Waals surface area contributed by atoms with Crippen molar-refractivity contribution in [2.75, 3.05) is 25.5 Å². The molecule has 1 amide bonds. The van der Waals surface area contributed by atoms with Crippen LogP contribution in [-0.2, 0) is 16.0 Å². The Bertz CT molecular complexity index is 755. The van der Waals surface area contributed by atoms with Crippen LogP contribution in [0.15, 0.2) is 48.9 Å². The molecule has 1 N–H and O–H groups in total. The lowest BCUT2D eigenvalue weighted by Gasteiger charge is -2.37. The van der Waals surface area contributed by atoms with E-state index in [1.807, 2.05) is 35.2 Å². The molecule has 3 heterocycles. The number of nitrogens with one attached hydrogen (secondary N) is 1. The van der Waals surface area contributed by atoms with Crippen LogP contribution < -0.4 is 5.32 Å². The Hall–Kier alpha value is -2.47. The number of fused-ring (bicyclic) bond motifs is 1. The van der Waals surface area contributed by atoms with Crippen molar-refractivity contribution in [1.29, 1.82) is 0 Å². The van der Waals surface area contributed by atoms with Gasteiger partial charge >= 0.3 is 0 Å². The third-order valence-electron chi connectivity index (χ3n) is 5.85. The molecule has 4 rings (SSSR count). The van der Waals surface area contributed by atoms with Crippen LogP contribution in [0, 0.1) is 11.8 Å². The van der Waals surface area contributed by atoms with E-state index < -0.39 is 0 Å². The average molecular weight is 366 g/mol. The number of hydrogen-bond acceptors (Lipinski definition) is 5. The number of pyridine rings is 2. The highest BCUT2D eigenvalue weighted by atomic mass is 16.5. The first-order chi connectivity index (χ1) is 13.2. The van der Waals surface area contributed by atoms with Crippen molar-refractivity contribution in [2.24, 2.45) is 11.8 Å². The molecule has 2 aromatic heterocycles. The van der Waals surface area contributed by atoms with Gasteiger partial charge in [0.15, 0.2) is 0 Å². The lowest BCUT2D eigenvalue weighted by Crippen LogP contribution is -2.44. The fourth-order valence-corrected chi connectivity index (χ4v) is 4.46. The van der Waals surface area contributed by atoms with Gasteiger partial charge in [-0.15, -0.1) is 0 Å². The first-order valence-electron chi connectivity index (χ1n) is 9.60. The summed E-state index contributed by atoms with van der Waals surface area (Å²) in [5.41, 5.74) is 0.974. The molecule has 2 aliphatic rings. The second-order valence-electron chi connectivity index (χ2n) is 7.57. The van der Waals surface area contributed by atoms with Gasteiger partial charge in [0, 0.05) is 38.8 Å². The predicted octanol–water partition coefficient (Wildman–Crippen LogP) is 2.38. The van der Waals surface area contributed by atoms with Gasteiger partial charge in [-0.2, -0.15) is 0 Å². The van der Waals surface area contributed by atoms with E-state index in [1.54, 1.807) is 25.7 Å². The molecule has 2 aromatic rings. The van der Waals surface area contributed by atoms with Gasteiger partial charge in [-0.3, -0.25) is 9.78 Å². The van der Waals surface area contributed by atoms with Crippen LogP contribution in [0.3, 0.4) is 0 Å². The van der Waals surface area contributed by atoms with E-state index in [9.17, 15) is 4.79 Å². The highest BCUT2D eigenvalue weighted by Crippen LogP contribution is 2.38. The van der Waals surface area contributed by atoms with Crippen LogP contribution >= 0.6 is 0 Å². The van der Waals surface area contributed by atoms with Crippen molar-refractivity contribution in [1.82, 2.24) is 14.9 Å². The smallest absolute Gasteiger partial charge is 0.227 e. The number of methoxy groups -OCH3 is 1. The molecule has 1 saturated heterocycles. The van der Waals surface area contributed by atoms with Crippen molar-refractivity contribution >= 4 is 11.7 Å². The van der Waals surface area contributed by atoms with Crippen molar-refractivity contribution in [3.05, 3.63) is 54.5 Å². The molecule has 142 valence electrons. The van der Waals surface area contributed by atoms with Gasteiger partial charge < -0.3 is 15.0 Å². The molecule has 0 bridgehead atoms. The minimum atomic E-state index is 0.140. The Morgan fingerprint density at radius 2 is 2.04 bits per heavy atom. The molecule has 4 atom stereocenters. The molecular weight excluding hydrogens is 340 g/mol. The normalized spacial score (nSPS) is 27.2. The number of likely N-dealkylation sites (tertiary alicyclic amines) is 1. The number of aromatic nitrogens is 2. The maximum Gasteiger partial charge on any atom is 0.227 e. The standard InChI is InChI=1S/C21H26N4O2/c1-27-19-11-17-14-25(21(26)9-15-5-4-7-22-12-15)13-16(17)10-18(19)24-20-6-2-3-8-23-20/h2-8,12,16-19H,9-11,13-14H2,1H3,(H,23,24)/t16-,17+,18-,19-/m1/s1. The second kappa shape index (κ2) is 8.05. The number of hydrogen-bond donors (Lipinski definition) is 1. The van der Waals surface area contributed by atoms with Gasteiger partial charge in [-0.25, -0.2) is 4.98 Å². The molecule has 0 unspecified atom stereocenters. The molecule has 2 fully saturated rings. The lowest BCUT2D eigenvalue weighted by atomic mass is 9.77. The summed E-state index contributed by atoms with van der Waals surface area (Å²) in [5, 5.41) is 3.53. The zero-order valence-corrected chi connectivity index (χ0v) is 15.6. The van der Waals surface area contributed by atoms with Crippen molar-refractivity contribution in [3.63, 3.8) is 0 Å². The minimum absolute atomic E-state index is 0.140. The Kier molecular flexibility index (Phi) is 5.34. The number of nitrogens with zero attached hydrogens (tertiary/aromatic N) is 3. The summed E-state index contributed by atoms with van der Waals surface area (Å²) < 4.78 is 5.77. The quantitative estimate of drug-likeness (QED) is 0.880. The zero-order valence-electron chi connectivity index (χ0n) is 15.6. The molecule has 0 spiro atoms. The highest BCUT2D eigenvalue weighted by molar-refractivity contribution is 5.79. The van der Waals surface area contributed by atoms with Gasteiger partial charge in [0.2, 0.25) is 5.91 Å². The van der Waals surface area contributed by atoms with Crippen molar-refractivity contribution in [2.45, 2.75) is 31.4 Å². The van der Waals surface area contributed by atoms with Crippen LogP contribution in [0.4, 0.5) is 5.82 Å². The highest BCUT2D eigenvalue weighted by Gasteiger charge is 2.43. The second-order valence-corrected chi connectivity index (χ2v) is 7.57. The molecular formula is C21H26N4O2. The number of amides is 1. The number of carbonyl (C=O) groups excluding carboxylic acids is 1. The van der Waals surface area contributed by atoms with Gasteiger partial charge in [0.1, 0.15) is 5.82 Å². The van der Waals surface area contributed by atoms with E-state index in [0.29, 0.717) is 18.3 Å². The van der Waals surface area contributed by atoms with Gasteiger partial charge in [-0.1, -0.05) is 12.1 Å². The van der Waals surface area contributed by atoms with Crippen LogP contribution in [0.2, 0.25) is 0 Å². The van der Waals surface area contributed by atoms with Crippen LogP contribution in [0.25, 0.3) is 0 Å². The maximum absolute atomic E-state index is 12.7. The number of anilines is 1. The SMILES string of the molecule is CO[C@@H]1C[C@H]2CN(C(=O)Cc3cccnc3)C[C@H]2C[C@H]1Nc1ccccn1. The first kappa shape index (κ1) is 17.9. The third-order valence-corrected chi connectivity index (χ3v) is 5.85. The van der Waals surface area contributed by atoms with E-state index in [1.165, 1.54) is 0 Å². The molecule has 1 saturated carbocycles. The Morgan fingerprint density at radius 1 is 1.19 bits per heavy atom. The fourth-order valence-electron chi connectivity index (χ4n) is 4.46. The largest absolute Gasteiger partial charge is 0.379 e. The Morgan fingerprint density at radius 3 is 2.74 bits per heavy atom. The summed E-state index contributed by atoms with van der Waals surface area (Å²) in [6, 6.07) is 9.94. The summed E-state index contributed by atoms with van der Waals surface area (Å²) in [6.07, 6.45) is 7.84. The maximum atomic E-state index is 12.7. The lowest BCUT2D eigenvalue weighted by molar-refractivity contribution is -0.129. The van der Waals surface area contributed by atoms with Crippen LogP contribution in [-0.4, -0.2) is 53.1 Å². The number of ether oxygens (including phenoxy) is 1. The van der Waals surface area contributed by atoms with E-state index in [0.717, 1.165) is 37.3 Å². The minimum Gasteiger partial charge on any atom is -0.379 e. The molecule has 0 aromatic carbocycles. The predicted molar refractivity (Wildman–Crippen MR) is 103 cm³/mol. The molecule has 6 nitrogen and oxygen atoms in total. The summed E-state index contributed by atoms with van der Waals surface area (Å²) in [4.78, 5) is 23.2. The summed E-state index contributed by atoms with van der Waals surface area (Å²) in [5.74, 6) is 2.09. The first-order valence-corrected chi connectivity index (χ1v) is 9.60. The Balaban J connectivity index is 1.39. The van der Waals surface area contributed by atoms with E-state index in [-0.39, 0.29) is 18.1 Å². The topological polar surface area (TPSA) is 67.3 Å². The zero-order chi connectivity index (χ0) is 18.6. The van der Waals surface area contributed by atoms with E-state index in [4.69, 9.17) is 4.74 Å². The number of rotatable bonds is 5. The monoisotopic (exact) mass is 366 g/mol. The fraction of sp³-hybridized carbons (Fsp3) is 0.476. The van der Waals surface area contributed by atoms with E-state index >= 15 is 0 Å². The summed E-state index contributed by atoms with van der Waals surface area (Å²) >= 11 is 0. The van der Waals surface area contributed by atoms with Crippen LogP contribution in [0.1, 0.15) is 18.4 Å². The van der Waals surface area contributed by atoms with Gasteiger partial charge in [0.25, 0.3) is 0 Å². The third kappa shape index (κ3) is 4.11. The van der Waals surface area contributed by atoms with Gasteiger partial charge in [0.05, 0.1) is 18.6 Å². The molecule has 27 heavy (non-hydrogen) atoms. The van der Waals surface area contributed by atoms with Gasteiger partial charge in [-0.05, 0) is 48.4 Å². The average Bonchev–Trinajstić information content (AvgIpc) is 3.12. The Labute approximate surface area is 160 Å². The van der Waals surface area contributed by atoms with Crippen molar-refractivity contribution < 1.29 is 9.53 Å². The molecule has 1 aliphatic heterocycles. The molecule has 0 radical (unpaired) electrons. The van der Waals surface area contributed by atoms with E-state index in [2.05, 4.69) is 15.3 Å². The molecule has 1 aliphatic carbocycles. The summed E-state index contributed by atoms with van der Waals surface area (Å²) in [6.45, 7) is 1.67. The van der Waals surface area contributed by atoms with Crippen molar-refractivity contribution in [3.8, 4) is 0 Å². The summed E-state index contributed by atoms with van der Waals surface area (Å²) in [7, 11) is 1.78. The van der Waals surface area contributed by atoms with Crippen LogP contribution in [0.5, 0.6) is 0 Å².